The molecule has 8 heteroatoms. The third-order valence-electron chi connectivity index (χ3n) is 5.88. The Balaban J connectivity index is 1.25. The molecule has 4 aromatic heterocycles. The highest BCUT2D eigenvalue weighted by molar-refractivity contribution is 5.94. The van der Waals surface area contributed by atoms with E-state index >= 15 is 0 Å². The Morgan fingerprint density at radius 2 is 1.84 bits per heavy atom. The molecule has 0 unspecified atom stereocenters. The summed E-state index contributed by atoms with van der Waals surface area (Å²) >= 11 is 0. The van der Waals surface area contributed by atoms with Crippen LogP contribution in [0.25, 0.3) is 5.65 Å². The molecule has 1 aliphatic heterocycles. The van der Waals surface area contributed by atoms with Crippen LogP contribution in [0.2, 0.25) is 0 Å². The minimum Gasteiger partial charge on any atom is -0.352 e. The summed E-state index contributed by atoms with van der Waals surface area (Å²) in [5.41, 5.74) is 3.68. The summed E-state index contributed by atoms with van der Waals surface area (Å²) in [5.74, 6) is 1.10. The lowest BCUT2D eigenvalue weighted by Crippen LogP contribution is -2.26. The molecule has 4 aromatic rings. The van der Waals surface area contributed by atoms with E-state index in [0.717, 1.165) is 49.5 Å². The summed E-state index contributed by atoms with van der Waals surface area (Å²) in [6.45, 7) is 3.36. The molecule has 1 aliphatic rings. The number of carbonyl (C=O) groups excluding carboxylic acids is 1. The summed E-state index contributed by atoms with van der Waals surface area (Å²) in [7, 11) is 0. The first-order valence-electron chi connectivity index (χ1n) is 10.9. The van der Waals surface area contributed by atoms with Crippen molar-refractivity contribution in [2.45, 2.75) is 25.3 Å². The Hall–Kier alpha value is -3.65. The van der Waals surface area contributed by atoms with Gasteiger partial charge >= 0.3 is 0 Å². The number of fused-ring (bicyclic) bond motifs is 1. The van der Waals surface area contributed by atoms with Gasteiger partial charge in [-0.05, 0) is 54.8 Å². The average molecular weight is 428 g/mol. The minimum absolute atomic E-state index is 0.0972. The molecule has 0 bridgehead atoms. The number of rotatable bonds is 7. The standard InChI is InChI=1S/C24H25N7O/c32-24(27-11-7-18-3-1-9-25-13-18)21-5-6-22-28-29-23(31(22)17-21)20-8-12-30(16-20)15-19-4-2-10-26-14-19/h1-6,9-10,13-14,17,20H,7-8,11-12,15-16H2,(H,27,32)/t20-/m1/s1. The number of hydrogen-bond acceptors (Lipinski definition) is 6. The Morgan fingerprint density at radius 3 is 2.62 bits per heavy atom. The van der Waals surface area contributed by atoms with Gasteiger partial charge in [0.25, 0.3) is 5.91 Å². The maximum atomic E-state index is 12.7. The van der Waals surface area contributed by atoms with Crippen molar-refractivity contribution in [1.29, 1.82) is 0 Å². The fourth-order valence-corrected chi connectivity index (χ4v) is 4.23. The van der Waals surface area contributed by atoms with Gasteiger partial charge in [-0.3, -0.25) is 24.1 Å². The SMILES string of the molecule is O=C(NCCc1cccnc1)c1ccc2nnc([C@@H]3CCN(Cc4cccnc4)C3)n2c1. The van der Waals surface area contributed by atoms with Crippen LogP contribution in [0, 0.1) is 0 Å². The van der Waals surface area contributed by atoms with Crippen LogP contribution in [0.15, 0.2) is 67.4 Å². The second kappa shape index (κ2) is 9.23. The lowest BCUT2D eigenvalue weighted by Gasteiger charge is -2.15. The smallest absolute Gasteiger partial charge is 0.252 e. The molecule has 0 aliphatic carbocycles. The van der Waals surface area contributed by atoms with E-state index in [2.05, 4.69) is 36.4 Å². The van der Waals surface area contributed by atoms with Crippen LogP contribution in [0.3, 0.4) is 0 Å². The minimum atomic E-state index is -0.0972. The van der Waals surface area contributed by atoms with Crippen molar-refractivity contribution in [3.63, 3.8) is 0 Å². The predicted octanol–water partition coefficient (Wildman–Crippen LogP) is 2.48. The van der Waals surface area contributed by atoms with Crippen molar-refractivity contribution in [2.75, 3.05) is 19.6 Å². The molecule has 32 heavy (non-hydrogen) atoms. The van der Waals surface area contributed by atoms with Crippen LogP contribution < -0.4 is 5.32 Å². The molecule has 0 saturated carbocycles. The van der Waals surface area contributed by atoms with Gasteiger partial charge in [0, 0.05) is 56.5 Å². The van der Waals surface area contributed by atoms with Gasteiger partial charge in [-0.25, -0.2) is 0 Å². The largest absolute Gasteiger partial charge is 0.352 e. The number of nitrogens with zero attached hydrogens (tertiary/aromatic N) is 6. The van der Waals surface area contributed by atoms with Gasteiger partial charge in [0.15, 0.2) is 5.65 Å². The third-order valence-corrected chi connectivity index (χ3v) is 5.88. The Kier molecular flexibility index (Phi) is 5.85. The molecule has 0 aromatic carbocycles. The van der Waals surface area contributed by atoms with E-state index in [-0.39, 0.29) is 11.8 Å². The Bertz CT molecular complexity index is 1190. The van der Waals surface area contributed by atoms with E-state index in [1.54, 1.807) is 18.5 Å². The van der Waals surface area contributed by atoms with Gasteiger partial charge in [-0.2, -0.15) is 0 Å². The first-order valence-corrected chi connectivity index (χ1v) is 10.9. The Morgan fingerprint density at radius 1 is 1.03 bits per heavy atom. The highest BCUT2D eigenvalue weighted by Gasteiger charge is 2.28. The van der Waals surface area contributed by atoms with Crippen LogP contribution in [-0.2, 0) is 13.0 Å². The van der Waals surface area contributed by atoms with Crippen molar-refractivity contribution < 1.29 is 4.79 Å². The predicted molar refractivity (Wildman–Crippen MR) is 120 cm³/mol. The van der Waals surface area contributed by atoms with Crippen LogP contribution in [0.1, 0.15) is 39.6 Å². The van der Waals surface area contributed by atoms with E-state index in [4.69, 9.17) is 0 Å². The highest BCUT2D eigenvalue weighted by Crippen LogP contribution is 2.27. The van der Waals surface area contributed by atoms with Crippen molar-refractivity contribution in [3.8, 4) is 0 Å². The number of pyridine rings is 3. The van der Waals surface area contributed by atoms with E-state index in [1.807, 2.05) is 47.3 Å². The van der Waals surface area contributed by atoms with Crippen LogP contribution in [0.4, 0.5) is 0 Å². The molecular formula is C24H25N7O. The molecule has 162 valence electrons. The van der Waals surface area contributed by atoms with Gasteiger partial charge in [-0.15, -0.1) is 10.2 Å². The van der Waals surface area contributed by atoms with E-state index < -0.39 is 0 Å². The summed E-state index contributed by atoms with van der Waals surface area (Å²) in [5, 5.41) is 11.8. The maximum absolute atomic E-state index is 12.7. The topological polar surface area (TPSA) is 88.3 Å². The zero-order chi connectivity index (χ0) is 21.8. The van der Waals surface area contributed by atoms with Crippen LogP contribution in [-0.4, -0.2) is 55.0 Å². The van der Waals surface area contributed by atoms with E-state index in [9.17, 15) is 4.79 Å². The lowest BCUT2D eigenvalue weighted by molar-refractivity contribution is 0.0953. The summed E-state index contributed by atoms with van der Waals surface area (Å²) in [4.78, 5) is 23.4. The van der Waals surface area contributed by atoms with Crippen molar-refractivity contribution >= 4 is 11.6 Å². The Labute approximate surface area is 186 Å². The molecule has 0 radical (unpaired) electrons. The van der Waals surface area contributed by atoms with Crippen molar-refractivity contribution in [3.05, 3.63) is 89.9 Å². The summed E-state index contributed by atoms with van der Waals surface area (Å²) in [6.07, 6.45) is 10.9. The van der Waals surface area contributed by atoms with Gasteiger partial charge in [0.2, 0.25) is 0 Å². The molecular weight excluding hydrogens is 402 g/mol. The van der Waals surface area contributed by atoms with Crippen molar-refractivity contribution in [1.82, 2.24) is 34.8 Å². The molecule has 1 N–H and O–H groups in total. The van der Waals surface area contributed by atoms with E-state index in [0.29, 0.717) is 12.1 Å². The lowest BCUT2D eigenvalue weighted by atomic mass is 10.1. The van der Waals surface area contributed by atoms with Gasteiger partial charge in [0.1, 0.15) is 5.82 Å². The zero-order valence-corrected chi connectivity index (χ0v) is 17.8. The van der Waals surface area contributed by atoms with E-state index in [1.165, 1.54) is 5.56 Å². The first kappa shape index (κ1) is 20.3. The molecule has 5 heterocycles. The second-order valence-electron chi connectivity index (χ2n) is 8.15. The normalized spacial score (nSPS) is 16.4. The van der Waals surface area contributed by atoms with Crippen LogP contribution >= 0.6 is 0 Å². The number of likely N-dealkylation sites (tertiary alicyclic amines) is 1. The number of nitrogens with one attached hydrogen (secondary N) is 1. The number of amides is 1. The van der Waals surface area contributed by atoms with Crippen LogP contribution in [0.5, 0.6) is 0 Å². The number of aromatic nitrogens is 5. The molecule has 5 rings (SSSR count). The van der Waals surface area contributed by atoms with Gasteiger partial charge in [0.05, 0.1) is 5.56 Å². The van der Waals surface area contributed by atoms with Crippen molar-refractivity contribution in [2.24, 2.45) is 0 Å². The monoisotopic (exact) mass is 427 g/mol. The highest BCUT2D eigenvalue weighted by atomic mass is 16.1. The average Bonchev–Trinajstić information content (AvgIpc) is 3.46. The quantitative estimate of drug-likeness (QED) is 0.488. The number of hydrogen-bond donors (Lipinski definition) is 1. The molecule has 1 amide bonds. The fourth-order valence-electron chi connectivity index (χ4n) is 4.23. The summed E-state index contributed by atoms with van der Waals surface area (Å²) < 4.78 is 1.97. The molecule has 0 spiro atoms. The maximum Gasteiger partial charge on any atom is 0.252 e. The van der Waals surface area contributed by atoms with Gasteiger partial charge in [-0.1, -0.05) is 12.1 Å². The third kappa shape index (κ3) is 4.50. The first-order chi connectivity index (χ1) is 15.8. The summed E-state index contributed by atoms with van der Waals surface area (Å²) in [6, 6.07) is 11.6. The molecule has 1 saturated heterocycles. The molecule has 8 nitrogen and oxygen atoms in total. The zero-order valence-electron chi connectivity index (χ0n) is 17.8. The fraction of sp³-hybridized carbons (Fsp3) is 0.292. The number of carbonyl (C=O) groups is 1. The molecule has 1 fully saturated rings. The second-order valence-corrected chi connectivity index (χ2v) is 8.15. The molecule has 1 atom stereocenters. The van der Waals surface area contributed by atoms with Gasteiger partial charge < -0.3 is 5.32 Å².